The van der Waals surface area contributed by atoms with E-state index in [-0.39, 0.29) is 34.5 Å². The van der Waals surface area contributed by atoms with Gasteiger partial charge in [0.2, 0.25) is 0 Å². The van der Waals surface area contributed by atoms with E-state index in [4.69, 9.17) is 16.2 Å². The second-order valence-electron chi connectivity index (χ2n) is 4.33. The molecule has 102 valence electrons. The summed E-state index contributed by atoms with van der Waals surface area (Å²) >= 11 is 5.59. The molecule has 6 heteroatoms. The Morgan fingerprint density at radius 2 is 1.47 bits per heavy atom. The minimum absolute atomic E-state index is 0. The van der Waals surface area contributed by atoms with Crippen molar-refractivity contribution in [2.75, 3.05) is 5.88 Å². The van der Waals surface area contributed by atoms with Crippen molar-refractivity contribution >= 4 is 21.7 Å². The molecule has 19 heavy (non-hydrogen) atoms. The molecule has 0 bridgehead atoms. The molecule has 0 aliphatic carbocycles. The first-order valence-electron chi connectivity index (χ1n) is 6.16. The molecule has 3 nitrogen and oxygen atoms in total. The largest absolute Gasteiger partial charge is 1.00 e. The van der Waals surface area contributed by atoms with Crippen molar-refractivity contribution in [3.63, 3.8) is 0 Å². The molecule has 0 unspecified atom stereocenters. The van der Waals surface area contributed by atoms with Crippen LogP contribution in [-0.4, -0.2) is 18.9 Å². The Morgan fingerprint density at radius 1 is 0.947 bits per heavy atom. The second-order valence-corrected chi connectivity index (χ2v) is 6.13. The van der Waals surface area contributed by atoms with Crippen molar-refractivity contribution in [2.24, 2.45) is 0 Å². The van der Waals surface area contributed by atoms with Gasteiger partial charge in [0, 0.05) is 5.88 Å². The smallest absolute Gasteiger partial charge is 0.282 e. The van der Waals surface area contributed by atoms with Gasteiger partial charge in [-0.2, -0.15) is 8.42 Å². The Balaban J connectivity index is 0.00000324. The second kappa shape index (κ2) is 10.2. The molecule has 0 aromatic heterocycles. The summed E-state index contributed by atoms with van der Waals surface area (Å²) in [6, 6.07) is 6.39. The summed E-state index contributed by atoms with van der Waals surface area (Å²) < 4.78 is 30.5. The van der Waals surface area contributed by atoms with Crippen LogP contribution in [0.15, 0.2) is 29.2 Å². The third kappa shape index (κ3) is 8.33. The number of unbranched alkanes of at least 4 members (excludes halogenated alkanes) is 4. The minimum Gasteiger partial charge on any atom is -0.282 e. The summed E-state index contributed by atoms with van der Waals surface area (Å²) in [5.41, 5.74) is 1.10. The van der Waals surface area contributed by atoms with Gasteiger partial charge in [0.05, 0.1) is 4.90 Å². The fourth-order valence-corrected chi connectivity index (χ4v) is 2.45. The van der Waals surface area contributed by atoms with Crippen LogP contribution in [0.4, 0.5) is 0 Å². The fourth-order valence-electron chi connectivity index (χ4n) is 1.78. The summed E-state index contributed by atoms with van der Waals surface area (Å²) in [6.07, 6.45) is 6.63. The van der Waals surface area contributed by atoms with Crippen molar-refractivity contribution in [2.45, 2.75) is 43.4 Å². The van der Waals surface area contributed by atoms with Gasteiger partial charge >= 0.3 is 29.6 Å². The van der Waals surface area contributed by atoms with E-state index in [9.17, 15) is 8.42 Å². The maximum absolute atomic E-state index is 10.8. The average Bonchev–Trinajstić information content (AvgIpc) is 2.33. The third-order valence-corrected chi connectivity index (χ3v) is 3.96. The monoisotopic (exact) mass is 313 g/mol. The van der Waals surface area contributed by atoms with Crippen LogP contribution in [0.3, 0.4) is 0 Å². The zero-order valence-corrected chi connectivity index (χ0v) is 14.9. The quantitative estimate of drug-likeness (QED) is 0.332. The maximum atomic E-state index is 10.8. The van der Waals surface area contributed by atoms with Gasteiger partial charge in [-0.1, -0.05) is 31.4 Å². The number of alkyl halides is 1. The Kier molecular flexibility index (Phi) is 10.4. The molecule has 1 N–H and O–H groups in total. The third-order valence-electron chi connectivity index (χ3n) is 2.82. The molecule has 0 atom stereocenters. The van der Waals surface area contributed by atoms with E-state index < -0.39 is 10.1 Å². The Morgan fingerprint density at radius 3 is 2.00 bits per heavy atom. The number of rotatable bonds is 8. The summed E-state index contributed by atoms with van der Waals surface area (Å²) in [5.74, 6) is 0.733. The molecule has 0 aliphatic heterocycles. The topological polar surface area (TPSA) is 54.4 Å². The summed E-state index contributed by atoms with van der Waals surface area (Å²) in [5, 5.41) is 0. The van der Waals surface area contributed by atoms with Crippen LogP contribution in [-0.2, 0) is 16.5 Å². The number of halogens is 1. The first-order chi connectivity index (χ1) is 8.54. The van der Waals surface area contributed by atoms with Crippen LogP contribution in [0.25, 0.3) is 0 Å². The van der Waals surface area contributed by atoms with Gasteiger partial charge in [-0.15, -0.1) is 11.6 Å². The fraction of sp³-hybridized carbons (Fsp3) is 0.538. The van der Waals surface area contributed by atoms with Gasteiger partial charge in [-0.3, -0.25) is 4.55 Å². The van der Waals surface area contributed by atoms with Crippen molar-refractivity contribution in [3.8, 4) is 0 Å². The molecule has 1 aromatic carbocycles. The molecule has 0 amide bonds. The van der Waals surface area contributed by atoms with Crippen LogP contribution in [0, 0.1) is 0 Å². The molecule has 1 aromatic rings. The number of hydrogen-bond donors (Lipinski definition) is 1. The van der Waals surface area contributed by atoms with E-state index >= 15 is 0 Å². The summed E-state index contributed by atoms with van der Waals surface area (Å²) in [7, 11) is -4.07. The molecular formula is C13H19ClNaO3S+. The zero-order valence-electron chi connectivity index (χ0n) is 11.3. The van der Waals surface area contributed by atoms with Crippen molar-refractivity contribution in [3.05, 3.63) is 29.8 Å². The van der Waals surface area contributed by atoms with Crippen LogP contribution < -0.4 is 29.6 Å². The van der Waals surface area contributed by atoms with E-state index in [0.717, 1.165) is 37.1 Å². The number of benzene rings is 1. The minimum atomic E-state index is -4.07. The first kappa shape index (κ1) is 19.4. The average molecular weight is 314 g/mol. The van der Waals surface area contributed by atoms with E-state index in [2.05, 4.69) is 0 Å². The standard InChI is InChI=1S/C13H19ClO3S.Na/c14-11-5-3-1-2-4-6-12-7-9-13(10-8-12)18(15,16)17;/h7-10H,1-6,11H2,(H,15,16,17);/q;+1. The van der Waals surface area contributed by atoms with E-state index in [1.807, 2.05) is 0 Å². The van der Waals surface area contributed by atoms with Crippen LogP contribution in [0.2, 0.25) is 0 Å². The SMILES string of the molecule is O=S(=O)(O)c1ccc(CCCCCCCCl)cc1.[Na+]. The molecule has 1 rings (SSSR count). The predicted octanol–water partition coefficient (Wildman–Crippen LogP) is 0.669. The van der Waals surface area contributed by atoms with E-state index in [1.54, 1.807) is 12.1 Å². The maximum Gasteiger partial charge on any atom is 1.00 e. The molecule has 0 heterocycles. The normalized spacial score (nSPS) is 11.1. The van der Waals surface area contributed by atoms with Crippen LogP contribution >= 0.6 is 11.6 Å². The van der Waals surface area contributed by atoms with Gasteiger partial charge < -0.3 is 0 Å². The van der Waals surface area contributed by atoms with Gasteiger partial charge in [-0.25, -0.2) is 0 Å². The molecule has 0 aliphatic rings. The van der Waals surface area contributed by atoms with E-state index in [0.29, 0.717) is 0 Å². The Bertz CT molecular complexity index is 445. The summed E-state index contributed by atoms with van der Waals surface area (Å²) in [4.78, 5) is -0.0478. The van der Waals surface area contributed by atoms with Crippen LogP contribution in [0.5, 0.6) is 0 Å². The predicted molar refractivity (Wildman–Crippen MR) is 73.8 cm³/mol. The molecule has 0 radical (unpaired) electrons. The van der Waals surface area contributed by atoms with Crippen molar-refractivity contribution in [1.82, 2.24) is 0 Å². The molecule has 0 saturated heterocycles. The van der Waals surface area contributed by atoms with Crippen molar-refractivity contribution in [1.29, 1.82) is 0 Å². The van der Waals surface area contributed by atoms with Crippen molar-refractivity contribution < 1.29 is 42.5 Å². The van der Waals surface area contributed by atoms with Crippen LogP contribution in [0.1, 0.15) is 37.7 Å². The number of hydrogen-bond acceptors (Lipinski definition) is 2. The van der Waals surface area contributed by atoms with Gasteiger partial charge in [0.15, 0.2) is 0 Å². The Labute approximate surface area is 142 Å². The number of aryl methyl sites for hydroxylation is 1. The molecule has 0 spiro atoms. The molecule has 0 fully saturated rings. The first-order valence-corrected chi connectivity index (χ1v) is 8.14. The summed E-state index contributed by atoms with van der Waals surface area (Å²) in [6.45, 7) is 0. The zero-order chi connectivity index (χ0) is 13.4. The van der Waals surface area contributed by atoms with Gasteiger partial charge in [0.1, 0.15) is 0 Å². The molecular weight excluding hydrogens is 295 g/mol. The van der Waals surface area contributed by atoms with Gasteiger partial charge in [-0.05, 0) is 37.0 Å². The molecule has 0 saturated carbocycles. The Hall–Kier alpha value is 0.420. The van der Waals surface area contributed by atoms with E-state index in [1.165, 1.54) is 25.0 Å². The van der Waals surface area contributed by atoms with Gasteiger partial charge in [0.25, 0.3) is 10.1 Å².